The molecule has 0 saturated heterocycles. The molecule has 5 nitrogen and oxygen atoms in total. The lowest BCUT2D eigenvalue weighted by molar-refractivity contribution is -0.124. The first-order valence-corrected chi connectivity index (χ1v) is 9.45. The summed E-state index contributed by atoms with van der Waals surface area (Å²) in [4.78, 5) is 23.8. The molecule has 1 aromatic carbocycles. The van der Waals surface area contributed by atoms with Gasteiger partial charge in [-0.05, 0) is 78.5 Å². The first-order valence-electron chi connectivity index (χ1n) is 8.37. The lowest BCUT2D eigenvalue weighted by Gasteiger charge is -2.19. The summed E-state index contributed by atoms with van der Waals surface area (Å²) in [6.45, 7) is 4.09. The van der Waals surface area contributed by atoms with Gasteiger partial charge in [-0.2, -0.15) is 5.10 Å². The van der Waals surface area contributed by atoms with Gasteiger partial charge in [0.05, 0.1) is 0 Å². The van der Waals surface area contributed by atoms with Gasteiger partial charge in [0, 0.05) is 27.8 Å². The van der Waals surface area contributed by atoms with Crippen molar-refractivity contribution in [2.75, 3.05) is 5.32 Å². The summed E-state index contributed by atoms with van der Waals surface area (Å²) in [7, 11) is 0. The Bertz CT molecular complexity index is 643. The summed E-state index contributed by atoms with van der Waals surface area (Å²) in [6.07, 6.45) is 4.74. The fraction of sp³-hybridized carbons (Fsp3) is 0.500. The van der Waals surface area contributed by atoms with Crippen LogP contribution in [0.5, 0.6) is 0 Å². The van der Waals surface area contributed by atoms with E-state index in [0.29, 0.717) is 5.92 Å². The van der Waals surface area contributed by atoms with Gasteiger partial charge in [0.25, 0.3) is 0 Å². The van der Waals surface area contributed by atoms with Crippen molar-refractivity contribution in [1.82, 2.24) is 5.43 Å². The molecule has 2 rings (SSSR count). The summed E-state index contributed by atoms with van der Waals surface area (Å²) in [5.41, 5.74) is 5.45. The summed E-state index contributed by atoms with van der Waals surface area (Å²) in [5.74, 6) is 0.0640. The maximum atomic E-state index is 12.0. The van der Waals surface area contributed by atoms with E-state index in [9.17, 15) is 9.59 Å². The number of halogens is 1. The van der Waals surface area contributed by atoms with Crippen LogP contribution in [-0.4, -0.2) is 17.5 Å². The summed E-state index contributed by atoms with van der Waals surface area (Å²) in [6, 6.07) is 5.83. The molecule has 0 spiro atoms. The number of nitrogens with zero attached hydrogens (tertiary/aromatic N) is 1. The van der Waals surface area contributed by atoms with Crippen molar-refractivity contribution >= 4 is 45.8 Å². The van der Waals surface area contributed by atoms with Crippen LogP contribution in [0.2, 0.25) is 0 Å². The Labute approximate surface area is 156 Å². The van der Waals surface area contributed by atoms with Crippen LogP contribution in [0.1, 0.15) is 51.0 Å². The summed E-state index contributed by atoms with van der Waals surface area (Å²) in [5, 5.41) is 7.08. The number of nitrogens with one attached hydrogen (secondary N) is 2. The molecule has 0 bridgehead atoms. The van der Waals surface area contributed by atoms with Crippen molar-refractivity contribution in [2.45, 2.75) is 52.4 Å². The quantitative estimate of drug-likeness (QED) is 0.536. The number of benzene rings is 1. The highest BCUT2D eigenvalue weighted by Crippen LogP contribution is 2.21. The molecule has 2 N–H and O–H groups in total. The lowest BCUT2D eigenvalue weighted by atomic mass is 9.89. The number of anilines is 1. The normalized spacial score (nSPS) is 19.1. The molecule has 1 saturated carbocycles. The van der Waals surface area contributed by atoms with E-state index in [1.54, 1.807) is 0 Å². The fourth-order valence-electron chi connectivity index (χ4n) is 2.73. The van der Waals surface area contributed by atoms with Crippen LogP contribution in [0.3, 0.4) is 0 Å². The zero-order chi connectivity index (χ0) is 17.5. The van der Waals surface area contributed by atoms with Crippen LogP contribution in [0.25, 0.3) is 0 Å². The van der Waals surface area contributed by atoms with E-state index in [1.807, 2.05) is 25.1 Å². The van der Waals surface area contributed by atoms with Gasteiger partial charge < -0.3 is 5.32 Å². The van der Waals surface area contributed by atoms with Crippen LogP contribution in [0.15, 0.2) is 23.3 Å². The van der Waals surface area contributed by atoms with Gasteiger partial charge in [0.2, 0.25) is 11.8 Å². The number of rotatable bonds is 5. The third kappa shape index (κ3) is 5.89. The minimum Gasteiger partial charge on any atom is -0.326 e. The molecule has 6 heteroatoms. The molecule has 130 valence electrons. The zero-order valence-corrected chi connectivity index (χ0v) is 16.4. The number of carbonyl (C=O) groups is 2. The van der Waals surface area contributed by atoms with E-state index < -0.39 is 0 Å². The van der Waals surface area contributed by atoms with Crippen molar-refractivity contribution in [2.24, 2.45) is 11.0 Å². The molecule has 0 heterocycles. The first kappa shape index (κ1) is 18.9. The second-order valence-corrected chi connectivity index (χ2v) is 7.54. The molecule has 1 atom stereocenters. The molecule has 0 aliphatic heterocycles. The van der Waals surface area contributed by atoms with Crippen molar-refractivity contribution < 1.29 is 9.59 Å². The monoisotopic (exact) mass is 441 g/mol. The fourth-order valence-corrected chi connectivity index (χ4v) is 3.38. The molecular formula is C18H24IN3O2. The number of hydrogen-bond acceptors (Lipinski definition) is 3. The van der Waals surface area contributed by atoms with Crippen LogP contribution in [0, 0.1) is 16.4 Å². The smallest absolute Gasteiger partial charge is 0.240 e. The second kappa shape index (κ2) is 9.15. The molecule has 1 aliphatic carbocycles. The van der Waals surface area contributed by atoms with E-state index in [2.05, 4.69) is 45.4 Å². The Morgan fingerprint density at radius 3 is 2.71 bits per heavy atom. The van der Waals surface area contributed by atoms with E-state index in [-0.39, 0.29) is 24.7 Å². The van der Waals surface area contributed by atoms with Gasteiger partial charge in [0.15, 0.2) is 0 Å². The predicted octanol–water partition coefficient (Wildman–Crippen LogP) is 4.00. The van der Waals surface area contributed by atoms with Gasteiger partial charge in [-0.3, -0.25) is 9.59 Å². The highest BCUT2D eigenvalue weighted by atomic mass is 127. The van der Waals surface area contributed by atoms with Gasteiger partial charge in [-0.15, -0.1) is 0 Å². The Kier molecular flexibility index (Phi) is 7.20. The molecule has 1 aliphatic rings. The zero-order valence-electron chi connectivity index (χ0n) is 14.2. The van der Waals surface area contributed by atoms with Gasteiger partial charge in [-0.25, -0.2) is 5.43 Å². The molecule has 1 aromatic rings. The predicted molar refractivity (Wildman–Crippen MR) is 105 cm³/mol. The van der Waals surface area contributed by atoms with Crippen molar-refractivity contribution in [1.29, 1.82) is 0 Å². The molecule has 1 fully saturated rings. The Hall–Kier alpha value is -1.44. The molecule has 24 heavy (non-hydrogen) atoms. The number of hydrogen-bond donors (Lipinski definition) is 2. The standard InChI is InChI=1S/C18H24IN3O2/c1-12-5-3-4-6-16(12)21-22-18(24)10-9-17(23)20-15-8-7-14(19)11-13(15)2/h7-8,11-12H,3-6,9-10H2,1-2H3,(H,20,23)(H,22,24)/b21-16-/t12-/m1/s1. The maximum Gasteiger partial charge on any atom is 0.240 e. The maximum absolute atomic E-state index is 12.0. The van der Waals surface area contributed by atoms with Crippen LogP contribution in [-0.2, 0) is 9.59 Å². The van der Waals surface area contributed by atoms with Crippen molar-refractivity contribution in [3.8, 4) is 0 Å². The number of hydrazone groups is 1. The topological polar surface area (TPSA) is 70.6 Å². The van der Waals surface area contributed by atoms with Gasteiger partial charge >= 0.3 is 0 Å². The number of aryl methyl sites for hydroxylation is 1. The van der Waals surface area contributed by atoms with E-state index in [4.69, 9.17) is 0 Å². The minimum absolute atomic E-state index is 0.139. The highest BCUT2D eigenvalue weighted by molar-refractivity contribution is 14.1. The van der Waals surface area contributed by atoms with E-state index >= 15 is 0 Å². The number of carbonyl (C=O) groups excluding carboxylic acids is 2. The molecule has 2 amide bonds. The SMILES string of the molecule is Cc1cc(I)ccc1NC(=O)CCC(=O)N/N=C1/CCCC[C@H]1C. The molecule has 0 unspecified atom stereocenters. The molecule has 0 radical (unpaired) electrons. The summed E-state index contributed by atoms with van der Waals surface area (Å²) >= 11 is 2.23. The lowest BCUT2D eigenvalue weighted by Crippen LogP contribution is -2.25. The van der Waals surface area contributed by atoms with Crippen LogP contribution < -0.4 is 10.7 Å². The third-order valence-corrected chi connectivity index (χ3v) is 4.93. The van der Waals surface area contributed by atoms with Crippen molar-refractivity contribution in [3.63, 3.8) is 0 Å². The molecule has 0 aromatic heterocycles. The average Bonchev–Trinajstić information content (AvgIpc) is 2.55. The Morgan fingerprint density at radius 1 is 1.25 bits per heavy atom. The van der Waals surface area contributed by atoms with Gasteiger partial charge in [0.1, 0.15) is 0 Å². The van der Waals surface area contributed by atoms with E-state index in [0.717, 1.165) is 39.8 Å². The first-order chi connectivity index (χ1) is 11.5. The minimum atomic E-state index is -0.213. The highest BCUT2D eigenvalue weighted by Gasteiger charge is 2.16. The van der Waals surface area contributed by atoms with Crippen LogP contribution >= 0.6 is 22.6 Å². The number of amides is 2. The third-order valence-electron chi connectivity index (χ3n) is 4.25. The largest absolute Gasteiger partial charge is 0.326 e. The Morgan fingerprint density at radius 2 is 2.00 bits per heavy atom. The van der Waals surface area contributed by atoms with Gasteiger partial charge in [-0.1, -0.05) is 13.3 Å². The van der Waals surface area contributed by atoms with Crippen molar-refractivity contribution in [3.05, 3.63) is 27.3 Å². The van der Waals surface area contributed by atoms with E-state index in [1.165, 1.54) is 6.42 Å². The average molecular weight is 441 g/mol. The summed E-state index contributed by atoms with van der Waals surface area (Å²) < 4.78 is 1.12. The molecular weight excluding hydrogens is 417 g/mol. The Balaban J connectivity index is 1.76. The van der Waals surface area contributed by atoms with Crippen LogP contribution in [0.4, 0.5) is 5.69 Å². The second-order valence-electron chi connectivity index (χ2n) is 6.29.